The second-order valence-corrected chi connectivity index (χ2v) is 6.95. The minimum atomic E-state index is 0.756. The van der Waals surface area contributed by atoms with Gasteiger partial charge in [0, 0.05) is 32.6 Å². The number of benzene rings is 1. The molecule has 0 saturated carbocycles. The lowest BCUT2D eigenvalue weighted by Gasteiger charge is -2.21. The highest BCUT2D eigenvalue weighted by Gasteiger charge is 2.08. The lowest BCUT2D eigenvalue weighted by molar-refractivity contribution is 0.135. The van der Waals surface area contributed by atoms with Crippen LogP contribution in [-0.2, 0) is 17.7 Å². The third kappa shape index (κ3) is 7.23. The van der Waals surface area contributed by atoms with Crippen molar-refractivity contribution >= 4 is 17.3 Å². The quantitative estimate of drug-likeness (QED) is 0.424. The number of thiazole rings is 1. The molecule has 0 radical (unpaired) electrons. The van der Waals surface area contributed by atoms with Crippen molar-refractivity contribution < 1.29 is 4.74 Å². The summed E-state index contributed by atoms with van der Waals surface area (Å²) in [6, 6.07) is 10.4. The first-order valence-electron chi connectivity index (χ1n) is 8.63. The summed E-state index contributed by atoms with van der Waals surface area (Å²) in [4.78, 5) is 10.9. The van der Waals surface area contributed by atoms with Crippen molar-refractivity contribution in [2.24, 2.45) is 4.99 Å². The smallest absolute Gasteiger partial charge is 0.193 e. The van der Waals surface area contributed by atoms with E-state index in [9.17, 15) is 0 Å². The highest BCUT2D eigenvalue weighted by molar-refractivity contribution is 7.09. The lowest BCUT2D eigenvalue weighted by Crippen LogP contribution is -2.39. The van der Waals surface area contributed by atoms with E-state index in [1.165, 1.54) is 5.56 Å². The third-order valence-electron chi connectivity index (χ3n) is 3.77. The van der Waals surface area contributed by atoms with Gasteiger partial charge < -0.3 is 15.0 Å². The molecule has 2 aromatic rings. The fourth-order valence-corrected chi connectivity index (χ4v) is 3.10. The van der Waals surface area contributed by atoms with Crippen molar-refractivity contribution in [3.05, 3.63) is 52.0 Å². The zero-order valence-corrected chi connectivity index (χ0v) is 16.2. The number of aliphatic imine (C=N–C) groups is 1. The minimum Gasteiger partial charge on any atom is -0.381 e. The Kier molecular flexibility index (Phi) is 8.42. The minimum absolute atomic E-state index is 0.756. The van der Waals surface area contributed by atoms with E-state index in [2.05, 4.69) is 49.8 Å². The second kappa shape index (κ2) is 10.8. The first-order chi connectivity index (χ1) is 12.2. The Morgan fingerprint density at radius 1 is 1.28 bits per heavy atom. The SMILES string of the molecule is CN=C(NCCCOCCc1ccccc1)N(C)Cc1csc(C)n1. The van der Waals surface area contributed by atoms with Gasteiger partial charge in [0.15, 0.2) is 5.96 Å². The van der Waals surface area contributed by atoms with Crippen molar-refractivity contribution in [1.29, 1.82) is 0 Å². The molecule has 0 spiro atoms. The first kappa shape index (κ1) is 19.4. The predicted octanol–water partition coefficient (Wildman–Crippen LogP) is 3.11. The summed E-state index contributed by atoms with van der Waals surface area (Å²) in [6.45, 7) is 5.16. The summed E-state index contributed by atoms with van der Waals surface area (Å²) in [5.41, 5.74) is 2.40. The molecule has 1 N–H and O–H groups in total. The maximum Gasteiger partial charge on any atom is 0.193 e. The summed E-state index contributed by atoms with van der Waals surface area (Å²) in [5, 5.41) is 6.57. The normalized spacial score (nSPS) is 11.6. The molecular weight excluding hydrogens is 332 g/mol. The molecule has 0 bridgehead atoms. The van der Waals surface area contributed by atoms with E-state index in [1.807, 2.05) is 27.1 Å². The number of hydrogen-bond donors (Lipinski definition) is 1. The molecule has 5 nitrogen and oxygen atoms in total. The Morgan fingerprint density at radius 2 is 2.08 bits per heavy atom. The molecule has 0 aliphatic carbocycles. The van der Waals surface area contributed by atoms with Crippen LogP contribution in [-0.4, -0.2) is 49.7 Å². The van der Waals surface area contributed by atoms with Gasteiger partial charge in [-0.3, -0.25) is 4.99 Å². The van der Waals surface area contributed by atoms with Gasteiger partial charge in [-0.15, -0.1) is 11.3 Å². The first-order valence-corrected chi connectivity index (χ1v) is 9.51. The summed E-state index contributed by atoms with van der Waals surface area (Å²) in [5.74, 6) is 0.884. The maximum atomic E-state index is 5.71. The molecule has 1 aromatic carbocycles. The molecule has 1 aromatic heterocycles. The number of nitrogens with one attached hydrogen (secondary N) is 1. The standard InChI is InChI=1S/C19H28N4OS/c1-16-22-18(15-25-16)14-23(3)19(20-2)21-11-7-12-24-13-10-17-8-5-4-6-9-17/h4-6,8-9,15H,7,10-14H2,1-3H3,(H,20,21). The third-order valence-corrected chi connectivity index (χ3v) is 4.59. The van der Waals surface area contributed by atoms with Gasteiger partial charge in [0.2, 0.25) is 0 Å². The van der Waals surface area contributed by atoms with Gasteiger partial charge in [0.1, 0.15) is 0 Å². The van der Waals surface area contributed by atoms with Crippen LogP contribution in [0.5, 0.6) is 0 Å². The summed E-state index contributed by atoms with van der Waals surface area (Å²) in [7, 11) is 3.84. The molecule has 1 heterocycles. The van der Waals surface area contributed by atoms with Crippen LogP contribution >= 0.6 is 11.3 Å². The van der Waals surface area contributed by atoms with Crippen LogP contribution in [0.4, 0.5) is 0 Å². The Labute approximate surface area is 154 Å². The van der Waals surface area contributed by atoms with Crippen molar-refractivity contribution in [2.75, 3.05) is 33.9 Å². The summed E-state index contributed by atoms with van der Waals surface area (Å²) >= 11 is 1.68. The van der Waals surface area contributed by atoms with Crippen LogP contribution in [0.15, 0.2) is 40.7 Å². The highest BCUT2D eigenvalue weighted by atomic mass is 32.1. The zero-order chi connectivity index (χ0) is 17.9. The molecule has 0 amide bonds. The van der Waals surface area contributed by atoms with E-state index in [4.69, 9.17) is 4.74 Å². The summed E-state index contributed by atoms with van der Waals surface area (Å²) < 4.78 is 5.71. The maximum absolute atomic E-state index is 5.71. The fraction of sp³-hybridized carbons (Fsp3) is 0.474. The number of ether oxygens (including phenoxy) is 1. The molecule has 0 atom stereocenters. The van der Waals surface area contributed by atoms with Gasteiger partial charge in [-0.1, -0.05) is 30.3 Å². The highest BCUT2D eigenvalue weighted by Crippen LogP contribution is 2.09. The van der Waals surface area contributed by atoms with Gasteiger partial charge in [0.25, 0.3) is 0 Å². The average Bonchev–Trinajstić information content (AvgIpc) is 3.03. The molecule has 25 heavy (non-hydrogen) atoms. The topological polar surface area (TPSA) is 49.8 Å². The van der Waals surface area contributed by atoms with Crippen molar-refractivity contribution in [1.82, 2.24) is 15.2 Å². The predicted molar refractivity (Wildman–Crippen MR) is 105 cm³/mol. The van der Waals surface area contributed by atoms with E-state index in [0.29, 0.717) is 0 Å². The average molecular weight is 361 g/mol. The monoisotopic (exact) mass is 360 g/mol. The van der Waals surface area contributed by atoms with E-state index >= 15 is 0 Å². The van der Waals surface area contributed by atoms with Crippen LogP contribution in [0.25, 0.3) is 0 Å². The number of aromatic nitrogens is 1. The molecule has 0 aliphatic heterocycles. The molecule has 136 valence electrons. The van der Waals surface area contributed by atoms with Crippen LogP contribution in [0.2, 0.25) is 0 Å². The van der Waals surface area contributed by atoms with Crippen LogP contribution in [0.3, 0.4) is 0 Å². The van der Waals surface area contributed by atoms with E-state index < -0.39 is 0 Å². The Bertz CT molecular complexity index is 642. The zero-order valence-electron chi connectivity index (χ0n) is 15.4. The molecule has 6 heteroatoms. The number of aryl methyl sites for hydroxylation is 1. The van der Waals surface area contributed by atoms with Crippen molar-refractivity contribution in [3.8, 4) is 0 Å². The molecular formula is C19H28N4OS. The van der Waals surface area contributed by atoms with Crippen molar-refractivity contribution in [2.45, 2.75) is 26.3 Å². The summed E-state index contributed by atoms with van der Waals surface area (Å²) in [6.07, 6.45) is 1.92. The second-order valence-electron chi connectivity index (χ2n) is 5.89. The van der Waals surface area contributed by atoms with Gasteiger partial charge >= 0.3 is 0 Å². The van der Waals surface area contributed by atoms with Gasteiger partial charge in [-0.05, 0) is 25.3 Å². The number of nitrogens with zero attached hydrogens (tertiary/aromatic N) is 3. The molecule has 0 fully saturated rings. The number of hydrogen-bond acceptors (Lipinski definition) is 4. The Balaban J connectivity index is 1.57. The van der Waals surface area contributed by atoms with Crippen LogP contribution < -0.4 is 5.32 Å². The van der Waals surface area contributed by atoms with E-state index in [-0.39, 0.29) is 0 Å². The van der Waals surface area contributed by atoms with E-state index in [1.54, 1.807) is 11.3 Å². The van der Waals surface area contributed by atoms with Gasteiger partial charge in [-0.25, -0.2) is 4.98 Å². The lowest BCUT2D eigenvalue weighted by atomic mass is 10.2. The van der Waals surface area contributed by atoms with Gasteiger partial charge in [-0.2, -0.15) is 0 Å². The molecule has 2 rings (SSSR count). The molecule has 0 saturated heterocycles. The number of rotatable bonds is 9. The largest absolute Gasteiger partial charge is 0.381 e. The Hall–Kier alpha value is -1.92. The van der Waals surface area contributed by atoms with Crippen LogP contribution in [0.1, 0.15) is 22.7 Å². The van der Waals surface area contributed by atoms with Gasteiger partial charge in [0.05, 0.1) is 23.9 Å². The Morgan fingerprint density at radius 3 is 2.76 bits per heavy atom. The number of guanidine groups is 1. The van der Waals surface area contributed by atoms with Crippen molar-refractivity contribution in [3.63, 3.8) is 0 Å². The molecule has 0 aliphatic rings. The van der Waals surface area contributed by atoms with Crippen LogP contribution in [0, 0.1) is 6.92 Å². The fourth-order valence-electron chi connectivity index (χ4n) is 2.49. The van der Waals surface area contributed by atoms with E-state index in [0.717, 1.165) is 55.8 Å². The molecule has 0 unspecified atom stereocenters.